The molecule has 0 aliphatic rings. The van der Waals surface area contributed by atoms with Crippen LogP contribution in [0.1, 0.15) is 5.56 Å². The Morgan fingerprint density at radius 2 is 2.29 bits per heavy atom. The van der Waals surface area contributed by atoms with Crippen LogP contribution in [0.15, 0.2) is 24.3 Å². The summed E-state index contributed by atoms with van der Waals surface area (Å²) in [6.07, 6.45) is 0. The molecule has 1 aromatic carbocycles. The highest BCUT2D eigenvalue weighted by molar-refractivity contribution is 5.73. The molecule has 0 heterocycles. The molecule has 0 aromatic heterocycles. The molecule has 94 valence electrons. The van der Waals surface area contributed by atoms with E-state index in [2.05, 4.69) is 0 Å². The first kappa shape index (κ1) is 13.5. The third-order valence-corrected chi connectivity index (χ3v) is 2.41. The van der Waals surface area contributed by atoms with Crippen molar-refractivity contribution in [2.24, 2.45) is 5.73 Å². The van der Waals surface area contributed by atoms with Gasteiger partial charge in [0.2, 0.25) is 0 Å². The number of nitrogens with zero attached hydrogens (tertiary/aromatic N) is 1. The number of carboxylic acids is 1. The fourth-order valence-electron chi connectivity index (χ4n) is 1.56. The lowest BCUT2D eigenvalue weighted by molar-refractivity contribution is -0.138. The Bertz CT molecular complexity index is 382. The fourth-order valence-corrected chi connectivity index (χ4v) is 1.56. The van der Waals surface area contributed by atoms with E-state index in [1.165, 1.54) is 0 Å². The van der Waals surface area contributed by atoms with E-state index in [1.54, 1.807) is 7.11 Å². The molecule has 0 saturated heterocycles. The molecule has 1 aromatic rings. The second-order valence-electron chi connectivity index (χ2n) is 3.99. The maximum absolute atomic E-state index is 10.6. The Morgan fingerprint density at radius 3 is 2.88 bits per heavy atom. The smallest absolute Gasteiger partial charge is 0.321 e. The van der Waals surface area contributed by atoms with Crippen molar-refractivity contribution in [2.45, 2.75) is 12.6 Å². The fraction of sp³-hybridized carbons (Fsp3) is 0.417. The van der Waals surface area contributed by atoms with Crippen LogP contribution in [0.5, 0.6) is 5.75 Å². The van der Waals surface area contributed by atoms with Gasteiger partial charge in [-0.3, -0.25) is 9.69 Å². The minimum atomic E-state index is -0.984. The van der Waals surface area contributed by atoms with Crippen LogP contribution in [-0.2, 0) is 11.3 Å². The van der Waals surface area contributed by atoms with Crippen molar-refractivity contribution in [3.63, 3.8) is 0 Å². The minimum Gasteiger partial charge on any atom is -0.497 e. The first-order valence-corrected chi connectivity index (χ1v) is 5.32. The predicted molar refractivity (Wildman–Crippen MR) is 64.9 cm³/mol. The molecule has 3 N–H and O–H groups in total. The van der Waals surface area contributed by atoms with Crippen molar-refractivity contribution in [3.8, 4) is 5.75 Å². The first-order valence-electron chi connectivity index (χ1n) is 5.32. The molecule has 17 heavy (non-hydrogen) atoms. The number of ether oxygens (including phenoxy) is 1. The predicted octanol–water partition coefficient (Wildman–Crippen LogP) is 0.539. The van der Waals surface area contributed by atoms with Gasteiger partial charge in [0.15, 0.2) is 0 Å². The van der Waals surface area contributed by atoms with Gasteiger partial charge in [-0.05, 0) is 24.7 Å². The van der Waals surface area contributed by atoms with Gasteiger partial charge >= 0.3 is 5.97 Å². The molecule has 0 aliphatic carbocycles. The number of likely N-dealkylation sites (N-methyl/N-ethyl adjacent to an activating group) is 1. The molecule has 0 fully saturated rings. The van der Waals surface area contributed by atoms with E-state index >= 15 is 0 Å². The normalized spacial score (nSPS) is 12.5. The zero-order valence-electron chi connectivity index (χ0n) is 10.1. The molecular formula is C12H18N2O3. The number of benzene rings is 1. The molecule has 0 saturated carbocycles. The van der Waals surface area contributed by atoms with Crippen molar-refractivity contribution in [3.05, 3.63) is 29.8 Å². The third-order valence-electron chi connectivity index (χ3n) is 2.41. The molecule has 1 rings (SSSR count). The Kier molecular flexibility index (Phi) is 4.93. The quantitative estimate of drug-likeness (QED) is 0.756. The van der Waals surface area contributed by atoms with E-state index in [-0.39, 0.29) is 0 Å². The van der Waals surface area contributed by atoms with Crippen molar-refractivity contribution in [1.29, 1.82) is 0 Å². The van der Waals surface area contributed by atoms with Crippen molar-refractivity contribution < 1.29 is 14.6 Å². The number of carboxylic acid groups (broad SMARTS) is 1. The molecule has 0 spiro atoms. The number of carbonyl (C=O) groups is 1. The zero-order valence-corrected chi connectivity index (χ0v) is 10.1. The van der Waals surface area contributed by atoms with E-state index in [0.717, 1.165) is 11.3 Å². The van der Waals surface area contributed by atoms with Crippen LogP contribution in [0, 0.1) is 0 Å². The molecule has 1 atom stereocenters. The van der Waals surface area contributed by atoms with Gasteiger partial charge in [-0.25, -0.2) is 0 Å². The maximum atomic E-state index is 10.6. The van der Waals surface area contributed by atoms with Crippen molar-refractivity contribution >= 4 is 5.97 Å². The summed E-state index contributed by atoms with van der Waals surface area (Å²) in [7, 11) is 3.45. The topological polar surface area (TPSA) is 75.8 Å². The van der Waals surface area contributed by atoms with E-state index in [4.69, 9.17) is 15.6 Å². The summed E-state index contributed by atoms with van der Waals surface area (Å²) >= 11 is 0. The summed E-state index contributed by atoms with van der Waals surface area (Å²) in [6, 6.07) is 6.80. The zero-order chi connectivity index (χ0) is 12.8. The van der Waals surface area contributed by atoms with Crippen molar-refractivity contribution in [1.82, 2.24) is 4.90 Å². The van der Waals surface area contributed by atoms with Gasteiger partial charge in [0, 0.05) is 13.1 Å². The Morgan fingerprint density at radius 1 is 1.59 bits per heavy atom. The molecule has 1 unspecified atom stereocenters. The monoisotopic (exact) mass is 238 g/mol. The van der Waals surface area contributed by atoms with Crippen LogP contribution in [0.4, 0.5) is 0 Å². The number of hydrogen-bond acceptors (Lipinski definition) is 4. The minimum absolute atomic E-state index is 0.312. The van der Waals surface area contributed by atoms with Crippen LogP contribution in [0.25, 0.3) is 0 Å². The molecule has 0 radical (unpaired) electrons. The molecule has 0 amide bonds. The standard InChI is InChI=1S/C12H18N2O3/c1-14(8-11(13)12(15)16)7-9-4-3-5-10(6-9)17-2/h3-6,11H,7-8,13H2,1-2H3,(H,15,16). The highest BCUT2D eigenvalue weighted by Gasteiger charge is 2.14. The number of hydrogen-bond donors (Lipinski definition) is 2. The average Bonchev–Trinajstić information content (AvgIpc) is 2.28. The van der Waals surface area contributed by atoms with Crippen LogP contribution < -0.4 is 10.5 Å². The van der Waals surface area contributed by atoms with Gasteiger partial charge in [-0.2, -0.15) is 0 Å². The van der Waals surface area contributed by atoms with Gasteiger partial charge in [0.05, 0.1) is 7.11 Å². The van der Waals surface area contributed by atoms with E-state index in [0.29, 0.717) is 13.1 Å². The Hall–Kier alpha value is -1.59. The second kappa shape index (κ2) is 6.22. The number of methoxy groups -OCH3 is 1. The van der Waals surface area contributed by atoms with Crippen LogP contribution >= 0.6 is 0 Å². The number of aliphatic carboxylic acids is 1. The summed E-state index contributed by atoms with van der Waals surface area (Å²) < 4.78 is 5.12. The summed E-state index contributed by atoms with van der Waals surface area (Å²) in [5, 5.41) is 8.71. The summed E-state index contributed by atoms with van der Waals surface area (Å²) in [6.45, 7) is 0.949. The maximum Gasteiger partial charge on any atom is 0.321 e. The van der Waals surface area contributed by atoms with Crippen LogP contribution in [0.3, 0.4) is 0 Å². The highest BCUT2D eigenvalue weighted by atomic mass is 16.5. The van der Waals surface area contributed by atoms with E-state index < -0.39 is 12.0 Å². The van der Waals surface area contributed by atoms with E-state index in [1.807, 2.05) is 36.2 Å². The molecular weight excluding hydrogens is 220 g/mol. The summed E-state index contributed by atoms with van der Waals surface area (Å²) in [5.41, 5.74) is 6.52. The number of rotatable bonds is 6. The summed E-state index contributed by atoms with van der Waals surface area (Å²) in [5.74, 6) is -0.194. The van der Waals surface area contributed by atoms with Gasteiger partial charge < -0.3 is 15.6 Å². The lowest BCUT2D eigenvalue weighted by Gasteiger charge is -2.19. The molecule has 0 bridgehead atoms. The van der Waals surface area contributed by atoms with E-state index in [9.17, 15) is 4.79 Å². The van der Waals surface area contributed by atoms with Crippen molar-refractivity contribution in [2.75, 3.05) is 20.7 Å². The van der Waals surface area contributed by atoms with Gasteiger partial charge in [0.1, 0.15) is 11.8 Å². The SMILES string of the molecule is COc1cccc(CN(C)CC(N)C(=O)O)c1. The number of nitrogens with two attached hydrogens (primary N) is 1. The summed E-state index contributed by atoms with van der Waals surface area (Å²) in [4.78, 5) is 12.5. The average molecular weight is 238 g/mol. The second-order valence-corrected chi connectivity index (χ2v) is 3.99. The van der Waals surface area contributed by atoms with Gasteiger partial charge in [-0.15, -0.1) is 0 Å². The molecule has 5 heteroatoms. The van der Waals surface area contributed by atoms with Gasteiger partial charge in [-0.1, -0.05) is 12.1 Å². The molecule has 5 nitrogen and oxygen atoms in total. The Balaban J connectivity index is 2.55. The lowest BCUT2D eigenvalue weighted by Crippen LogP contribution is -2.40. The van der Waals surface area contributed by atoms with Crippen LogP contribution in [0.2, 0.25) is 0 Å². The third kappa shape index (κ3) is 4.42. The lowest BCUT2D eigenvalue weighted by atomic mass is 10.2. The first-order chi connectivity index (χ1) is 8.02. The molecule has 0 aliphatic heterocycles. The Labute approximate surface area is 101 Å². The highest BCUT2D eigenvalue weighted by Crippen LogP contribution is 2.13. The van der Waals surface area contributed by atoms with Gasteiger partial charge in [0.25, 0.3) is 0 Å². The van der Waals surface area contributed by atoms with Crippen LogP contribution in [-0.4, -0.2) is 42.7 Å². The largest absolute Gasteiger partial charge is 0.497 e.